The zero-order valence-corrected chi connectivity index (χ0v) is 13.0. The lowest BCUT2D eigenvalue weighted by molar-refractivity contribution is 0.547. The minimum atomic E-state index is -3.63. The largest absolute Gasteiger partial charge is 0.268 e. The molecular formula is C16H15N3O3S. The summed E-state index contributed by atoms with van der Waals surface area (Å²) in [7, 11) is -3.63. The molecule has 0 fully saturated rings. The van der Waals surface area contributed by atoms with Gasteiger partial charge in [-0.1, -0.05) is 30.3 Å². The number of nitrogens with zero attached hydrogens (tertiary/aromatic N) is 2. The molecule has 7 heteroatoms. The van der Waals surface area contributed by atoms with E-state index in [2.05, 4.69) is 9.82 Å². The van der Waals surface area contributed by atoms with Crippen molar-refractivity contribution >= 4 is 20.8 Å². The number of benzene rings is 2. The second-order valence-corrected chi connectivity index (χ2v) is 6.76. The SMILES string of the molecule is O=c1cccnn1CCNS(=O)(=O)c1ccc2ccccc2c1. The van der Waals surface area contributed by atoms with Gasteiger partial charge in [-0.05, 0) is 29.0 Å². The highest BCUT2D eigenvalue weighted by Gasteiger charge is 2.13. The second-order valence-electron chi connectivity index (χ2n) is 4.99. The van der Waals surface area contributed by atoms with Crippen LogP contribution in [0.4, 0.5) is 0 Å². The molecule has 0 unspecified atom stereocenters. The quantitative estimate of drug-likeness (QED) is 0.767. The van der Waals surface area contributed by atoms with Crippen LogP contribution < -0.4 is 10.3 Å². The number of sulfonamides is 1. The van der Waals surface area contributed by atoms with Crippen LogP contribution >= 0.6 is 0 Å². The normalized spacial score (nSPS) is 11.7. The maximum Gasteiger partial charge on any atom is 0.266 e. The molecule has 23 heavy (non-hydrogen) atoms. The van der Waals surface area contributed by atoms with Crippen LogP contribution in [-0.4, -0.2) is 24.7 Å². The van der Waals surface area contributed by atoms with Crippen molar-refractivity contribution in [2.24, 2.45) is 0 Å². The molecule has 1 heterocycles. The van der Waals surface area contributed by atoms with E-state index in [1.54, 1.807) is 18.2 Å². The molecule has 118 valence electrons. The first-order valence-corrected chi connectivity index (χ1v) is 8.55. The fourth-order valence-electron chi connectivity index (χ4n) is 2.26. The van der Waals surface area contributed by atoms with E-state index in [0.29, 0.717) is 0 Å². The van der Waals surface area contributed by atoms with E-state index in [-0.39, 0.29) is 23.5 Å². The summed E-state index contributed by atoms with van der Waals surface area (Å²) in [6.07, 6.45) is 1.49. The molecule has 0 bridgehead atoms. The van der Waals surface area contributed by atoms with Crippen LogP contribution in [0, 0.1) is 0 Å². The van der Waals surface area contributed by atoms with Gasteiger partial charge < -0.3 is 0 Å². The van der Waals surface area contributed by atoms with E-state index in [4.69, 9.17) is 0 Å². The van der Waals surface area contributed by atoms with Crippen LogP contribution in [-0.2, 0) is 16.6 Å². The minimum absolute atomic E-state index is 0.0894. The first kappa shape index (κ1) is 15.4. The van der Waals surface area contributed by atoms with E-state index < -0.39 is 10.0 Å². The van der Waals surface area contributed by atoms with Gasteiger partial charge in [-0.3, -0.25) is 4.79 Å². The topological polar surface area (TPSA) is 81.1 Å². The number of nitrogens with one attached hydrogen (secondary N) is 1. The summed E-state index contributed by atoms with van der Waals surface area (Å²) in [5, 5.41) is 5.72. The summed E-state index contributed by atoms with van der Waals surface area (Å²) in [5.74, 6) is 0. The molecule has 2 aromatic carbocycles. The van der Waals surface area contributed by atoms with Gasteiger partial charge in [0.2, 0.25) is 10.0 Å². The molecule has 0 aliphatic heterocycles. The Morgan fingerprint density at radius 3 is 2.57 bits per heavy atom. The second kappa shape index (κ2) is 6.31. The van der Waals surface area contributed by atoms with Gasteiger partial charge in [0, 0.05) is 18.8 Å². The highest BCUT2D eigenvalue weighted by molar-refractivity contribution is 7.89. The lowest BCUT2D eigenvalue weighted by atomic mass is 10.1. The zero-order valence-electron chi connectivity index (χ0n) is 12.2. The van der Waals surface area contributed by atoms with Gasteiger partial charge in [-0.2, -0.15) is 5.10 Å². The zero-order chi connectivity index (χ0) is 16.3. The highest BCUT2D eigenvalue weighted by atomic mass is 32.2. The van der Waals surface area contributed by atoms with E-state index in [9.17, 15) is 13.2 Å². The molecule has 0 amide bonds. The summed E-state index contributed by atoms with van der Waals surface area (Å²) < 4.78 is 28.4. The van der Waals surface area contributed by atoms with E-state index in [1.807, 2.05) is 24.3 Å². The maximum absolute atomic E-state index is 12.3. The minimum Gasteiger partial charge on any atom is -0.268 e. The lowest BCUT2D eigenvalue weighted by Gasteiger charge is -2.08. The molecule has 3 aromatic rings. The standard InChI is InChI=1S/C16H15N3O3S/c20-16-6-3-9-17-19(16)11-10-18-23(21,22)15-8-7-13-4-1-2-5-14(13)12-15/h1-9,12,18H,10-11H2. The van der Waals surface area contributed by atoms with Crippen molar-refractivity contribution in [2.45, 2.75) is 11.4 Å². The Balaban J connectivity index is 1.75. The van der Waals surface area contributed by atoms with Gasteiger partial charge in [0.25, 0.3) is 5.56 Å². The summed E-state index contributed by atoms with van der Waals surface area (Å²) >= 11 is 0. The first-order valence-electron chi connectivity index (χ1n) is 7.07. The maximum atomic E-state index is 12.3. The van der Waals surface area contributed by atoms with Gasteiger partial charge in [0.1, 0.15) is 0 Å². The van der Waals surface area contributed by atoms with Crippen molar-refractivity contribution in [3.8, 4) is 0 Å². The Morgan fingerprint density at radius 2 is 1.78 bits per heavy atom. The summed E-state index contributed by atoms with van der Waals surface area (Å²) in [6.45, 7) is 0.262. The van der Waals surface area contributed by atoms with Gasteiger partial charge in [-0.25, -0.2) is 17.8 Å². The van der Waals surface area contributed by atoms with Crippen LogP contribution in [0.25, 0.3) is 10.8 Å². The van der Waals surface area contributed by atoms with Gasteiger partial charge in [0.05, 0.1) is 11.4 Å². The van der Waals surface area contributed by atoms with Crippen LogP contribution in [0.3, 0.4) is 0 Å². The molecule has 1 N–H and O–H groups in total. The van der Waals surface area contributed by atoms with E-state index >= 15 is 0 Å². The molecule has 0 aliphatic rings. The van der Waals surface area contributed by atoms with E-state index in [0.717, 1.165) is 10.8 Å². The average Bonchev–Trinajstić information content (AvgIpc) is 2.56. The molecule has 0 spiro atoms. The van der Waals surface area contributed by atoms with Crippen molar-refractivity contribution in [2.75, 3.05) is 6.54 Å². The number of aromatic nitrogens is 2. The monoisotopic (exact) mass is 329 g/mol. The number of hydrogen-bond acceptors (Lipinski definition) is 4. The van der Waals surface area contributed by atoms with Gasteiger partial charge in [-0.15, -0.1) is 0 Å². The number of fused-ring (bicyclic) bond motifs is 1. The average molecular weight is 329 g/mol. The molecule has 0 saturated carbocycles. The molecule has 0 radical (unpaired) electrons. The van der Waals surface area contributed by atoms with Crippen molar-refractivity contribution in [1.82, 2.24) is 14.5 Å². The Hall–Kier alpha value is -2.51. The Labute approximate surface area is 133 Å². The third kappa shape index (κ3) is 3.46. The Bertz CT molecular complexity index is 996. The van der Waals surface area contributed by atoms with Crippen molar-refractivity contribution < 1.29 is 8.42 Å². The van der Waals surface area contributed by atoms with Crippen molar-refractivity contribution in [3.05, 3.63) is 71.1 Å². The Kier molecular flexibility index (Phi) is 4.22. The van der Waals surface area contributed by atoms with E-state index in [1.165, 1.54) is 23.0 Å². The summed E-state index contributed by atoms with van der Waals surface area (Å²) in [6, 6.07) is 15.4. The third-order valence-corrected chi connectivity index (χ3v) is 4.89. The first-order chi connectivity index (χ1) is 11.1. The fraction of sp³-hybridized carbons (Fsp3) is 0.125. The highest BCUT2D eigenvalue weighted by Crippen LogP contribution is 2.18. The Morgan fingerprint density at radius 1 is 1.00 bits per heavy atom. The smallest absolute Gasteiger partial charge is 0.266 e. The molecule has 1 aromatic heterocycles. The fourth-order valence-corrected chi connectivity index (χ4v) is 3.31. The predicted octanol–water partition coefficient (Wildman–Crippen LogP) is 1.37. The van der Waals surface area contributed by atoms with Gasteiger partial charge in [0.15, 0.2) is 0 Å². The molecule has 0 atom stereocenters. The van der Waals surface area contributed by atoms with Crippen LogP contribution in [0.5, 0.6) is 0 Å². The van der Waals surface area contributed by atoms with Gasteiger partial charge >= 0.3 is 0 Å². The molecule has 6 nitrogen and oxygen atoms in total. The molecular weight excluding hydrogens is 314 g/mol. The number of hydrogen-bond donors (Lipinski definition) is 1. The molecule has 0 aliphatic carbocycles. The lowest BCUT2D eigenvalue weighted by Crippen LogP contribution is -2.31. The van der Waals surface area contributed by atoms with Crippen molar-refractivity contribution in [3.63, 3.8) is 0 Å². The summed E-state index contributed by atoms with van der Waals surface area (Å²) in [4.78, 5) is 11.7. The van der Waals surface area contributed by atoms with Crippen LogP contribution in [0.15, 0.2) is 70.5 Å². The van der Waals surface area contributed by atoms with Crippen LogP contribution in [0.1, 0.15) is 0 Å². The summed E-state index contributed by atoms with van der Waals surface area (Å²) in [5.41, 5.74) is -0.266. The molecule has 0 saturated heterocycles. The number of rotatable bonds is 5. The molecule has 3 rings (SSSR count). The van der Waals surface area contributed by atoms with Crippen molar-refractivity contribution in [1.29, 1.82) is 0 Å². The predicted molar refractivity (Wildman–Crippen MR) is 87.6 cm³/mol. The van der Waals surface area contributed by atoms with Crippen LogP contribution in [0.2, 0.25) is 0 Å². The third-order valence-electron chi connectivity index (χ3n) is 3.43.